The Bertz CT molecular complexity index is 897. The Hall–Kier alpha value is -2.14. The van der Waals surface area contributed by atoms with Crippen LogP contribution < -0.4 is 20.9 Å². The molecule has 1 saturated carbocycles. The van der Waals surface area contributed by atoms with Crippen LogP contribution in [0.1, 0.15) is 37.7 Å². The van der Waals surface area contributed by atoms with Crippen molar-refractivity contribution >= 4 is 51.9 Å². The van der Waals surface area contributed by atoms with E-state index in [0.29, 0.717) is 18.4 Å². The molecule has 0 atom stereocenters. The van der Waals surface area contributed by atoms with E-state index in [1.807, 2.05) is 6.20 Å². The Morgan fingerprint density at radius 2 is 2.00 bits per heavy atom. The highest BCUT2D eigenvalue weighted by atomic mass is 127. The molecule has 0 bridgehead atoms. The Morgan fingerprint density at radius 1 is 1.19 bits per heavy atom. The molecular formula is C22H30IN7O. The molecule has 2 fully saturated rings. The predicted molar refractivity (Wildman–Crippen MR) is 133 cm³/mol. The first-order chi connectivity index (χ1) is 15.1. The minimum Gasteiger partial charge on any atom is -0.370 e. The second kappa shape index (κ2) is 10.4. The lowest BCUT2D eigenvalue weighted by molar-refractivity contribution is -0.118. The van der Waals surface area contributed by atoms with E-state index < -0.39 is 0 Å². The summed E-state index contributed by atoms with van der Waals surface area (Å²) in [6, 6.07) is 8.46. The van der Waals surface area contributed by atoms with Gasteiger partial charge in [-0.3, -0.25) is 4.79 Å². The van der Waals surface area contributed by atoms with Gasteiger partial charge in [0, 0.05) is 92.2 Å². The highest BCUT2D eigenvalue weighted by Gasteiger charge is 2.27. The quantitative estimate of drug-likeness (QED) is 0.258. The normalized spacial score (nSPS) is 16.8. The van der Waals surface area contributed by atoms with Crippen molar-refractivity contribution in [3.05, 3.63) is 36.0 Å². The maximum absolute atomic E-state index is 11.0. The fourth-order valence-corrected chi connectivity index (χ4v) is 4.13. The van der Waals surface area contributed by atoms with Gasteiger partial charge in [0.2, 0.25) is 11.9 Å². The molecule has 1 aromatic carbocycles. The topological polar surface area (TPSA) is 85.4 Å². The lowest BCUT2D eigenvalue weighted by atomic mass is 10.2. The summed E-state index contributed by atoms with van der Waals surface area (Å²) in [4.78, 5) is 22.8. The number of hydrogen-bond acceptors (Lipinski definition) is 7. The standard InChI is InChI=1S/C22H30IN7O/c1-16(31)24-8-3-9-25-21-20(17-6-7-17)15-26-22(28-21)27-18-4-2-5-19(14-18)29-10-12-30(23)13-11-29/h2,4-5,14-15,17H,3,6-13H2,1H3,(H,24,31)(H2,25,26,27,28). The number of aromatic nitrogens is 2. The van der Waals surface area contributed by atoms with Crippen LogP contribution in [-0.2, 0) is 4.79 Å². The molecule has 2 aromatic rings. The second-order valence-electron chi connectivity index (χ2n) is 8.11. The van der Waals surface area contributed by atoms with Crippen LogP contribution in [0.25, 0.3) is 0 Å². The number of carbonyl (C=O) groups is 1. The molecule has 31 heavy (non-hydrogen) atoms. The van der Waals surface area contributed by atoms with Gasteiger partial charge in [-0.25, -0.2) is 8.10 Å². The zero-order valence-electron chi connectivity index (χ0n) is 17.9. The SMILES string of the molecule is CC(=O)NCCCNc1nc(Nc2cccc(N3CCN(I)CC3)c2)ncc1C1CC1. The molecule has 1 aliphatic heterocycles. The summed E-state index contributed by atoms with van der Waals surface area (Å²) in [5.41, 5.74) is 3.40. The average Bonchev–Trinajstić information content (AvgIpc) is 3.59. The number of carbonyl (C=O) groups excluding carboxylic acids is 1. The van der Waals surface area contributed by atoms with Crippen molar-refractivity contribution in [1.29, 1.82) is 0 Å². The van der Waals surface area contributed by atoms with E-state index in [0.717, 1.165) is 50.6 Å². The summed E-state index contributed by atoms with van der Waals surface area (Å²) in [7, 11) is 0. The predicted octanol–water partition coefficient (Wildman–Crippen LogP) is 3.51. The molecule has 0 spiro atoms. The van der Waals surface area contributed by atoms with Crippen molar-refractivity contribution in [3.63, 3.8) is 0 Å². The van der Waals surface area contributed by atoms with Crippen molar-refractivity contribution < 1.29 is 4.79 Å². The van der Waals surface area contributed by atoms with Crippen molar-refractivity contribution in [2.24, 2.45) is 0 Å². The van der Waals surface area contributed by atoms with Crippen LogP contribution >= 0.6 is 22.9 Å². The van der Waals surface area contributed by atoms with E-state index in [1.54, 1.807) is 6.92 Å². The van der Waals surface area contributed by atoms with Crippen LogP contribution in [0.5, 0.6) is 0 Å². The number of nitrogens with zero attached hydrogens (tertiary/aromatic N) is 4. The van der Waals surface area contributed by atoms with E-state index in [9.17, 15) is 4.79 Å². The Labute approximate surface area is 197 Å². The molecule has 1 saturated heterocycles. The monoisotopic (exact) mass is 535 g/mol. The smallest absolute Gasteiger partial charge is 0.229 e. The van der Waals surface area contributed by atoms with Gasteiger partial charge in [-0.1, -0.05) is 6.07 Å². The first-order valence-corrected chi connectivity index (χ1v) is 11.9. The van der Waals surface area contributed by atoms with Crippen LogP contribution in [0.15, 0.2) is 30.5 Å². The summed E-state index contributed by atoms with van der Waals surface area (Å²) in [5.74, 6) is 2.07. The van der Waals surface area contributed by atoms with Crippen LogP contribution in [0.2, 0.25) is 0 Å². The van der Waals surface area contributed by atoms with E-state index >= 15 is 0 Å². The maximum Gasteiger partial charge on any atom is 0.229 e. The highest BCUT2D eigenvalue weighted by Crippen LogP contribution is 2.42. The number of rotatable bonds is 9. The number of amides is 1. The molecule has 1 amide bonds. The lowest BCUT2D eigenvalue weighted by Gasteiger charge is -2.33. The molecule has 9 heteroatoms. The van der Waals surface area contributed by atoms with Crippen LogP contribution in [0.4, 0.5) is 23.1 Å². The summed E-state index contributed by atoms with van der Waals surface area (Å²) in [5, 5.41) is 9.65. The third kappa shape index (κ3) is 6.42. The molecule has 8 nitrogen and oxygen atoms in total. The van der Waals surface area contributed by atoms with Gasteiger partial charge in [-0.05, 0) is 43.4 Å². The van der Waals surface area contributed by atoms with Gasteiger partial charge in [-0.15, -0.1) is 0 Å². The molecule has 2 aliphatic rings. The zero-order valence-corrected chi connectivity index (χ0v) is 20.1. The number of anilines is 4. The van der Waals surface area contributed by atoms with Crippen molar-refractivity contribution in [3.8, 4) is 0 Å². The summed E-state index contributed by atoms with van der Waals surface area (Å²) in [6.45, 7) is 7.17. The lowest BCUT2D eigenvalue weighted by Crippen LogP contribution is -2.42. The van der Waals surface area contributed by atoms with Gasteiger partial charge in [0.25, 0.3) is 0 Å². The fourth-order valence-electron chi connectivity index (χ4n) is 3.70. The molecule has 0 unspecified atom stereocenters. The zero-order chi connectivity index (χ0) is 21.6. The summed E-state index contributed by atoms with van der Waals surface area (Å²) < 4.78 is 2.33. The number of benzene rings is 1. The summed E-state index contributed by atoms with van der Waals surface area (Å²) >= 11 is 2.39. The van der Waals surface area contributed by atoms with Crippen LogP contribution in [0, 0.1) is 0 Å². The van der Waals surface area contributed by atoms with E-state index in [2.05, 4.69) is 76.1 Å². The molecule has 2 heterocycles. The molecule has 3 N–H and O–H groups in total. The first kappa shape index (κ1) is 22.1. The van der Waals surface area contributed by atoms with Gasteiger partial charge >= 0.3 is 0 Å². The van der Waals surface area contributed by atoms with E-state index in [1.165, 1.54) is 24.1 Å². The Kier molecular flexibility index (Phi) is 7.44. The average molecular weight is 535 g/mol. The maximum atomic E-state index is 11.0. The minimum atomic E-state index is 0.00518. The molecular weight excluding hydrogens is 505 g/mol. The fraction of sp³-hybridized carbons (Fsp3) is 0.500. The van der Waals surface area contributed by atoms with E-state index in [4.69, 9.17) is 4.98 Å². The first-order valence-electron chi connectivity index (χ1n) is 11.0. The number of hydrogen-bond donors (Lipinski definition) is 3. The van der Waals surface area contributed by atoms with Crippen LogP contribution in [-0.4, -0.2) is 58.3 Å². The van der Waals surface area contributed by atoms with Crippen molar-refractivity contribution in [1.82, 2.24) is 18.4 Å². The van der Waals surface area contributed by atoms with Crippen molar-refractivity contribution in [2.75, 3.05) is 54.8 Å². The third-order valence-corrected chi connectivity index (χ3v) is 6.51. The Morgan fingerprint density at radius 3 is 2.74 bits per heavy atom. The third-order valence-electron chi connectivity index (χ3n) is 5.55. The number of halogens is 1. The van der Waals surface area contributed by atoms with Gasteiger partial charge in [0.05, 0.1) is 0 Å². The molecule has 1 aromatic heterocycles. The Balaban J connectivity index is 1.41. The minimum absolute atomic E-state index is 0.00518. The molecule has 166 valence electrons. The molecule has 1 aliphatic carbocycles. The van der Waals surface area contributed by atoms with Gasteiger partial charge in [0.15, 0.2) is 0 Å². The molecule has 0 radical (unpaired) electrons. The van der Waals surface area contributed by atoms with Crippen LogP contribution in [0.3, 0.4) is 0 Å². The van der Waals surface area contributed by atoms with Gasteiger partial charge in [0.1, 0.15) is 5.82 Å². The highest BCUT2D eigenvalue weighted by molar-refractivity contribution is 14.1. The number of nitrogens with one attached hydrogen (secondary N) is 3. The summed E-state index contributed by atoms with van der Waals surface area (Å²) in [6.07, 6.45) is 5.20. The largest absolute Gasteiger partial charge is 0.370 e. The van der Waals surface area contributed by atoms with Gasteiger partial charge < -0.3 is 20.9 Å². The molecule has 4 rings (SSSR count). The second-order valence-corrected chi connectivity index (χ2v) is 9.47. The van der Waals surface area contributed by atoms with Crippen molar-refractivity contribution in [2.45, 2.75) is 32.1 Å². The van der Waals surface area contributed by atoms with Gasteiger partial charge in [-0.2, -0.15) is 4.98 Å². The number of piperazine rings is 1. The van der Waals surface area contributed by atoms with E-state index in [-0.39, 0.29) is 5.91 Å².